The molecule has 1 unspecified atom stereocenters. The van der Waals surface area contributed by atoms with E-state index in [1.165, 1.54) is 6.42 Å². The van der Waals surface area contributed by atoms with Gasteiger partial charge < -0.3 is 20.3 Å². The van der Waals surface area contributed by atoms with E-state index in [1.54, 1.807) is 4.90 Å². The van der Waals surface area contributed by atoms with Crippen molar-refractivity contribution in [2.45, 2.75) is 76.7 Å². The summed E-state index contributed by atoms with van der Waals surface area (Å²) in [5, 5.41) is 6.44. The number of hydrogen-bond donors (Lipinski definition) is 2. The molecule has 5 rings (SSSR count). The lowest BCUT2D eigenvalue weighted by Crippen LogP contribution is -2.49. The van der Waals surface area contributed by atoms with Gasteiger partial charge in [-0.2, -0.15) is 0 Å². The number of piperidine rings is 1. The summed E-state index contributed by atoms with van der Waals surface area (Å²) in [4.78, 5) is 31.7. The summed E-state index contributed by atoms with van der Waals surface area (Å²) in [5.41, 5.74) is 4.36. The minimum atomic E-state index is -0.447. The van der Waals surface area contributed by atoms with Crippen LogP contribution in [0.5, 0.6) is 5.75 Å². The highest BCUT2D eigenvalue weighted by Gasteiger charge is 2.38. The zero-order valence-electron chi connectivity index (χ0n) is 19.7. The van der Waals surface area contributed by atoms with Gasteiger partial charge in [0.15, 0.2) is 0 Å². The molecule has 1 saturated heterocycles. The molecule has 2 aliphatic heterocycles. The Labute approximate surface area is 200 Å². The monoisotopic (exact) mass is 460 g/mol. The van der Waals surface area contributed by atoms with Crippen molar-refractivity contribution in [2.24, 2.45) is 0 Å². The Morgan fingerprint density at radius 3 is 2.85 bits per heavy atom. The lowest BCUT2D eigenvalue weighted by Gasteiger charge is -2.32. The summed E-state index contributed by atoms with van der Waals surface area (Å²) >= 11 is 0. The molecule has 1 saturated carbocycles. The zero-order valence-corrected chi connectivity index (χ0v) is 19.7. The van der Waals surface area contributed by atoms with Gasteiger partial charge in [0.25, 0.3) is 5.91 Å². The molecule has 0 bridgehead atoms. The van der Waals surface area contributed by atoms with Crippen LogP contribution < -0.4 is 15.4 Å². The molecule has 1 aromatic heterocycles. The molecule has 1 aromatic carbocycles. The third kappa shape index (κ3) is 4.71. The Morgan fingerprint density at radius 1 is 1.18 bits per heavy atom. The van der Waals surface area contributed by atoms with Crippen molar-refractivity contribution >= 4 is 11.8 Å². The molecule has 2 N–H and O–H groups in total. The van der Waals surface area contributed by atoms with Crippen molar-refractivity contribution in [1.29, 1.82) is 0 Å². The molecule has 34 heavy (non-hydrogen) atoms. The molecule has 178 valence electrons. The minimum absolute atomic E-state index is 0.0694. The molecule has 7 heteroatoms. The first-order chi connectivity index (χ1) is 16.5. The van der Waals surface area contributed by atoms with Crippen LogP contribution in [-0.2, 0) is 17.9 Å². The van der Waals surface area contributed by atoms with Gasteiger partial charge in [-0.3, -0.25) is 14.6 Å². The highest BCUT2D eigenvalue weighted by molar-refractivity contribution is 6.01. The fourth-order valence-corrected chi connectivity index (χ4v) is 5.28. The van der Waals surface area contributed by atoms with E-state index in [2.05, 4.69) is 22.2 Å². The maximum atomic E-state index is 13.0. The highest BCUT2D eigenvalue weighted by atomic mass is 16.5. The molecule has 3 atom stereocenters. The number of benzene rings is 1. The largest absolute Gasteiger partial charge is 0.489 e. The average Bonchev–Trinajstić information content (AvgIpc) is 3.14. The first kappa shape index (κ1) is 22.6. The van der Waals surface area contributed by atoms with E-state index < -0.39 is 6.04 Å². The minimum Gasteiger partial charge on any atom is -0.489 e. The van der Waals surface area contributed by atoms with Gasteiger partial charge >= 0.3 is 0 Å². The number of rotatable bonds is 6. The van der Waals surface area contributed by atoms with E-state index in [0.29, 0.717) is 24.9 Å². The molecule has 3 heterocycles. The van der Waals surface area contributed by atoms with E-state index in [1.807, 2.05) is 43.3 Å². The van der Waals surface area contributed by atoms with E-state index in [4.69, 9.17) is 4.74 Å². The van der Waals surface area contributed by atoms with Crippen molar-refractivity contribution in [3.05, 3.63) is 71.2 Å². The molecule has 2 amide bonds. The number of hydrogen-bond acceptors (Lipinski definition) is 5. The number of allylic oxidation sites excluding steroid dienone is 1. The smallest absolute Gasteiger partial charge is 0.255 e. The Balaban J connectivity index is 1.25. The number of fused-ring (bicyclic) bond motifs is 1. The van der Waals surface area contributed by atoms with E-state index >= 15 is 0 Å². The Hall–Kier alpha value is -3.19. The van der Waals surface area contributed by atoms with Crippen LogP contribution in [0.3, 0.4) is 0 Å². The Morgan fingerprint density at radius 2 is 2.03 bits per heavy atom. The van der Waals surface area contributed by atoms with E-state index in [0.717, 1.165) is 54.2 Å². The van der Waals surface area contributed by atoms with Gasteiger partial charge in [0.1, 0.15) is 17.9 Å². The van der Waals surface area contributed by atoms with Crippen molar-refractivity contribution in [2.75, 3.05) is 0 Å². The summed E-state index contributed by atoms with van der Waals surface area (Å²) in [5.74, 6) is 0.549. The fraction of sp³-hybridized carbons (Fsp3) is 0.444. The standard InChI is InChI=1S/C27H32N4O3/c1-17-6-5-7-20(29-17)15-28-23-8-3-4-9-25(23)34-21-11-12-22-19(14-21)16-31(27(22)33)24-13-10-18(2)30-26(24)32/h5-7,11-12,14,23-25,28H,2-4,8-10,13,15-16H2,1H3,(H,30,32)/t23-,24?,25-/m1/s1. The lowest BCUT2D eigenvalue weighted by atomic mass is 9.92. The Bertz CT molecular complexity index is 1110. The quantitative estimate of drug-likeness (QED) is 0.688. The molecule has 3 aliphatic rings. The van der Waals surface area contributed by atoms with Gasteiger partial charge in [0, 0.05) is 36.1 Å². The van der Waals surface area contributed by atoms with Gasteiger partial charge in [-0.15, -0.1) is 0 Å². The number of ether oxygens (including phenoxy) is 1. The molecular formula is C27H32N4O3. The molecule has 7 nitrogen and oxygen atoms in total. The molecule has 1 aliphatic carbocycles. The van der Waals surface area contributed by atoms with Crippen molar-refractivity contribution < 1.29 is 14.3 Å². The summed E-state index contributed by atoms with van der Waals surface area (Å²) in [6.07, 6.45) is 5.76. The number of nitrogens with one attached hydrogen (secondary N) is 2. The molecule has 2 fully saturated rings. The molecule has 0 radical (unpaired) electrons. The van der Waals surface area contributed by atoms with Crippen molar-refractivity contribution in [3.8, 4) is 5.75 Å². The highest BCUT2D eigenvalue weighted by Crippen LogP contribution is 2.32. The zero-order chi connectivity index (χ0) is 23.7. The van der Waals surface area contributed by atoms with Crippen LogP contribution in [0.1, 0.15) is 65.8 Å². The lowest BCUT2D eigenvalue weighted by molar-refractivity contribution is -0.126. The van der Waals surface area contributed by atoms with Crippen LogP contribution in [0.15, 0.2) is 48.7 Å². The topological polar surface area (TPSA) is 83.6 Å². The number of amides is 2. The van der Waals surface area contributed by atoms with Crippen LogP contribution in [0.4, 0.5) is 0 Å². The third-order valence-electron chi connectivity index (χ3n) is 7.09. The SMILES string of the molecule is C=C1CCC(N2Cc3cc(O[C@@H]4CCCC[C@H]4NCc4cccc(C)n4)ccc3C2=O)C(=O)N1. The van der Waals surface area contributed by atoms with Crippen LogP contribution in [-0.4, -0.2) is 39.9 Å². The first-order valence-electron chi connectivity index (χ1n) is 12.2. The summed E-state index contributed by atoms with van der Waals surface area (Å²) < 4.78 is 6.45. The van der Waals surface area contributed by atoms with Gasteiger partial charge in [0.05, 0.1) is 5.69 Å². The van der Waals surface area contributed by atoms with E-state index in [-0.39, 0.29) is 24.0 Å². The van der Waals surface area contributed by atoms with Gasteiger partial charge in [-0.25, -0.2) is 0 Å². The second-order valence-corrected chi connectivity index (χ2v) is 9.60. The van der Waals surface area contributed by atoms with Crippen molar-refractivity contribution in [3.63, 3.8) is 0 Å². The van der Waals surface area contributed by atoms with Crippen LogP contribution in [0, 0.1) is 6.92 Å². The molecule has 0 spiro atoms. The number of aryl methyl sites for hydroxylation is 1. The number of carbonyl (C=O) groups is 2. The first-order valence-corrected chi connectivity index (χ1v) is 12.2. The normalized spacial score (nSPS) is 24.7. The number of pyridine rings is 1. The predicted octanol–water partition coefficient (Wildman–Crippen LogP) is 3.62. The molecular weight excluding hydrogens is 428 g/mol. The summed E-state index contributed by atoms with van der Waals surface area (Å²) in [7, 11) is 0. The van der Waals surface area contributed by atoms with Crippen LogP contribution in [0.25, 0.3) is 0 Å². The number of nitrogens with zero attached hydrogens (tertiary/aromatic N) is 2. The van der Waals surface area contributed by atoms with Crippen LogP contribution in [0.2, 0.25) is 0 Å². The van der Waals surface area contributed by atoms with Gasteiger partial charge in [0.2, 0.25) is 5.91 Å². The van der Waals surface area contributed by atoms with Gasteiger partial charge in [-0.1, -0.05) is 19.1 Å². The third-order valence-corrected chi connectivity index (χ3v) is 7.09. The predicted molar refractivity (Wildman–Crippen MR) is 129 cm³/mol. The van der Waals surface area contributed by atoms with Gasteiger partial charge in [-0.05, 0) is 74.9 Å². The second kappa shape index (κ2) is 9.58. The van der Waals surface area contributed by atoms with E-state index in [9.17, 15) is 9.59 Å². The van der Waals surface area contributed by atoms with Crippen molar-refractivity contribution in [1.82, 2.24) is 20.5 Å². The Kier molecular flexibility index (Phi) is 6.37. The number of aromatic nitrogens is 1. The fourth-order valence-electron chi connectivity index (χ4n) is 5.28. The summed E-state index contributed by atoms with van der Waals surface area (Å²) in [6.45, 7) is 6.99. The maximum Gasteiger partial charge on any atom is 0.255 e. The summed E-state index contributed by atoms with van der Waals surface area (Å²) in [6, 6.07) is 11.6. The van der Waals surface area contributed by atoms with Crippen LogP contribution >= 0.6 is 0 Å². The number of carbonyl (C=O) groups excluding carboxylic acids is 2. The average molecular weight is 461 g/mol. The second-order valence-electron chi connectivity index (χ2n) is 9.60. The maximum absolute atomic E-state index is 13.0. The molecule has 2 aromatic rings.